The molecule has 0 saturated heterocycles. The van der Waals surface area contributed by atoms with E-state index in [0.717, 1.165) is 13.0 Å². The van der Waals surface area contributed by atoms with E-state index < -0.39 is 0 Å². The normalized spacial score (nSPS) is 28.4. The van der Waals surface area contributed by atoms with Crippen LogP contribution in [0.1, 0.15) is 45.4 Å². The maximum Gasteiger partial charge on any atom is 0.236 e. The van der Waals surface area contributed by atoms with Gasteiger partial charge in [0.05, 0.1) is 12.6 Å². The second-order valence-corrected chi connectivity index (χ2v) is 5.70. The number of hydrogen-bond donors (Lipinski definition) is 1. The quantitative estimate of drug-likeness (QED) is 0.861. The predicted octanol–water partition coefficient (Wildman–Crippen LogP) is 1.95. The maximum absolute atomic E-state index is 11.8. The van der Waals surface area contributed by atoms with Gasteiger partial charge in [-0.25, -0.2) is 0 Å². The molecule has 2 aliphatic rings. The van der Waals surface area contributed by atoms with Crippen molar-refractivity contribution in [1.29, 1.82) is 0 Å². The third-order valence-corrected chi connectivity index (χ3v) is 4.93. The summed E-state index contributed by atoms with van der Waals surface area (Å²) in [6.07, 6.45) is 7.59. The summed E-state index contributed by atoms with van der Waals surface area (Å²) in [6.45, 7) is 2.94. The van der Waals surface area contributed by atoms with E-state index in [2.05, 4.69) is 6.92 Å². The Morgan fingerprint density at radius 2 is 2.00 bits per heavy atom. The van der Waals surface area contributed by atoms with E-state index in [1.54, 1.807) is 0 Å². The highest BCUT2D eigenvalue weighted by molar-refractivity contribution is 5.85. The average molecular weight is 291 g/mol. The molecule has 0 heterocycles. The van der Waals surface area contributed by atoms with Gasteiger partial charge in [0, 0.05) is 25.1 Å². The van der Waals surface area contributed by atoms with Crippen molar-refractivity contribution < 1.29 is 9.53 Å². The van der Waals surface area contributed by atoms with Gasteiger partial charge in [0.25, 0.3) is 0 Å². The van der Waals surface area contributed by atoms with Crippen molar-refractivity contribution in [2.24, 2.45) is 11.1 Å². The Morgan fingerprint density at radius 3 is 2.53 bits per heavy atom. The molecule has 2 aliphatic carbocycles. The molecule has 0 bridgehead atoms. The zero-order valence-electron chi connectivity index (χ0n) is 12.1. The van der Waals surface area contributed by atoms with E-state index in [1.165, 1.54) is 32.1 Å². The van der Waals surface area contributed by atoms with E-state index in [4.69, 9.17) is 10.5 Å². The number of hydrogen-bond acceptors (Lipinski definition) is 3. The number of amides is 1. The molecule has 0 aromatic heterocycles. The maximum atomic E-state index is 11.8. The van der Waals surface area contributed by atoms with Crippen LogP contribution in [-0.4, -0.2) is 43.2 Å². The molecule has 2 unspecified atom stereocenters. The molecule has 2 fully saturated rings. The SMILES string of the molecule is CCOC1CC(N(C)C(=O)CN)C12CCCCC2.Cl. The average Bonchev–Trinajstić information content (AvgIpc) is 2.42. The van der Waals surface area contributed by atoms with Gasteiger partial charge >= 0.3 is 0 Å². The Bertz CT molecular complexity index is 306. The predicted molar refractivity (Wildman–Crippen MR) is 78.4 cm³/mol. The Labute approximate surface area is 122 Å². The summed E-state index contributed by atoms with van der Waals surface area (Å²) >= 11 is 0. The van der Waals surface area contributed by atoms with Gasteiger partial charge in [-0.1, -0.05) is 19.3 Å². The fourth-order valence-corrected chi connectivity index (χ4v) is 3.89. The highest BCUT2D eigenvalue weighted by Crippen LogP contribution is 2.55. The van der Waals surface area contributed by atoms with Crippen molar-refractivity contribution in [3.05, 3.63) is 0 Å². The fraction of sp³-hybridized carbons (Fsp3) is 0.929. The van der Waals surface area contributed by atoms with Crippen LogP contribution in [0, 0.1) is 5.41 Å². The number of carbonyl (C=O) groups excluding carboxylic acids is 1. The van der Waals surface area contributed by atoms with Crippen molar-refractivity contribution >= 4 is 18.3 Å². The van der Waals surface area contributed by atoms with Crippen LogP contribution in [0.3, 0.4) is 0 Å². The molecular formula is C14H27ClN2O2. The first-order valence-corrected chi connectivity index (χ1v) is 7.23. The molecule has 0 aromatic rings. The van der Waals surface area contributed by atoms with Crippen LogP contribution in [0.15, 0.2) is 0 Å². The highest BCUT2D eigenvalue weighted by Gasteiger charge is 2.57. The molecule has 0 radical (unpaired) electrons. The number of nitrogens with zero attached hydrogens (tertiary/aromatic N) is 1. The standard InChI is InChI=1S/C14H26N2O2.ClH/c1-3-18-12-9-11(16(2)13(17)10-15)14(12)7-5-4-6-8-14;/h11-12H,3-10,15H2,1-2H3;1H. The summed E-state index contributed by atoms with van der Waals surface area (Å²) in [6, 6.07) is 0.338. The minimum absolute atomic E-state index is 0. The summed E-state index contributed by atoms with van der Waals surface area (Å²) in [7, 11) is 1.90. The zero-order chi connectivity index (χ0) is 13.2. The van der Waals surface area contributed by atoms with Gasteiger partial charge < -0.3 is 15.4 Å². The summed E-state index contributed by atoms with van der Waals surface area (Å²) in [4.78, 5) is 13.7. The van der Waals surface area contributed by atoms with Gasteiger partial charge in [0.2, 0.25) is 5.91 Å². The summed E-state index contributed by atoms with van der Waals surface area (Å²) in [5.74, 6) is 0.0555. The first-order valence-electron chi connectivity index (χ1n) is 7.23. The van der Waals surface area contributed by atoms with Crippen molar-refractivity contribution in [2.75, 3.05) is 20.2 Å². The molecule has 19 heavy (non-hydrogen) atoms. The molecule has 2 N–H and O–H groups in total. The van der Waals surface area contributed by atoms with Crippen LogP contribution in [0.4, 0.5) is 0 Å². The van der Waals surface area contributed by atoms with Gasteiger partial charge in [0.1, 0.15) is 0 Å². The molecule has 2 rings (SSSR count). The lowest BCUT2D eigenvalue weighted by Gasteiger charge is -2.60. The molecule has 0 aromatic carbocycles. The van der Waals surface area contributed by atoms with Crippen LogP contribution in [0.25, 0.3) is 0 Å². The van der Waals surface area contributed by atoms with Crippen molar-refractivity contribution in [2.45, 2.75) is 57.6 Å². The minimum atomic E-state index is 0. The molecule has 2 atom stereocenters. The van der Waals surface area contributed by atoms with Crippen LogP contribution in [-0.2, 0) is 9.53 Å². The number of carbonyl (C=O) groups is 1. The molecule has 112 valence electrons. The third kappa shape index (κ3) is 2.91. The summed E-state index contributed by atoms with van der Waals surface area (Å²) in [5.41, 5.74) is 5.69. The van der Waals surface area contributed by atoms with Crippen LogP contribution >= 0.6 is 12.4 Å². The second kappa shape index (κ2) is 6.91. The molecule has 1 amide bonds. The lowest BCUT2D eigenvalue weighted by Crippen LogP contribution is -2.66. The first kappa shape index (κ1) is 16.7. The van der Waals surface area contributed by atoms with Gasteiger partial charge in [-0.15, -0.1) is 12.4 Å². The van der Waals surface area contributed by atoms with Crippen molar-refractivity contribution in [3.63, 3.8) is 0 Å². The lowest BCUT2D eigenvalue weighted by molar-refractivity contribution is -0.184. The molecule has 2 saturated carbocycles. The van der Waals surface area contributed by atoms with Gasteiger partial charge in [-0.05, 0) is 26.2 Å². The topological polar surface area (TPSA) is 55.6 Å². The minimum Gasteiger partial charge on any atom is -0.378 e. The summed E-state index contributed by atoms with van der Waals surface area (Å²) < 4.78 is 5.90. The Morgan fingerprint density at radius 1 is 1.37 bits per heavy atom. The number of halogens is 1. The largest absolute Gasteiger partial charge is 0.378 e. The van der Waals surface area contributed by atoms with Gasteiger partial charge in [0.15, 0.2) is 0 Å². The van der Waals surface area contributed by atoms with E-state index in [-0.39, 0.29) is 30.3 Å². The molecule has 4 nitrogen and oxygen atoms in total. The van der Waals surface area contributed by atoms with E-state index in [1.807, 2.05) is 11.9 Å². The fourth-order valence-electron chi connectivity index (χ4n) is 3.89. The first-order chi connectivity index (χ1) is 8.65. The number of rotatable bonds is 4. The number of likely N-dealkylation sites (N-methyl/N-ethyl adjacent to an activating group) is 1. The van der Waals surface area contributed by atoms with Gasteiger partial charge in [-0.2, -0.15) is 0 Å². The Balaban J connectivity index is 0.00000180. The highest BCUT2D eigenvalue weighted by atomic mass is 35.5. The van der Waals surface area contributed by atoms with Crippen LogP contribution < -0.4 is 5.73 Å². The van der Waals surface area contributed by atoms with E-state index in [0.29, 0.717) is 12.1 Å². The third-order valence-electron chi connectivity index (χ3n) is 4.93. The molecule has 0 aliphatic heterocycles. The number of ether oxygens (including phenoxy) is 1. The molecule has 5 heteroatoms. The van der Waals surface area contributed by atoms with Crippen LogP contribution in [0.2, 0.25) is 0 Å². The van der Waals surface area contributed by atoms with Gasteiger partial charge in [-0.3, -0.25) is 4.79 Å². The van der Waals surface area contributed by atoms with Crippen LogP contribution in [0.5, 0.6) is 0 Å². The summed E-state index contributed by atoms with van der Waals surface area (Å²) in [5, 5.41) is 0. The smallest absolute Gasteiger partial charge is 0.236 e. The molecule has 1 spiro atoms. The zero-order valence-corrected chi connectivity index (χ0v) is 12.9. The Hall–Kier alpha value is -0.320. The van der Waals surface area contributed by atoms with E-state index >= 15 is 0 Å². The monoisotopic (exact) mass is 290 g/mol. The van der Waals surface area contributed by atoms with Crippen molar-refractivity contribution in [3.8, 4) is 0 Å². The second-order valence-electron chi connectivity index (χ2n) is 5.70. The van der Waals surface area contributed by atoms with E-state index in [9.17, 15) is 4.79 Å². The Kier molecular flexibility index (Phi) is 6.09. The number of nitrogens with two attached hydrogens (primary N) is 1. The van der Waals surface area contributed by atoms with Crippen molar-refractivity contribution in [1.82, 2.24) is 4.90 Å². The molecular weight excluding hydrogens is 264 g/mol. The lowest BCUT2D eigenvalue weighted by atomic mass is 9.54.